The Bertz CT molecular complexity index is 260. The normalized spacial score (nSPS) is 10.9. The summed E-state index contributed by atoms with van der Waals surface area (Å²) in [6, 6.07) is 0. The summed E-state index contributed by atoms with van der Waals surface area (Å²) in [7, 11) is 0. The predicted molar refractivity (Wildman–Crippen MR) is 65.5 cm³/mol. The molecule has 0 radical (unpaired) electrons. The number of nitrogen functional groups attached to an aromatic ring is 1. The maximum Gasteiger partial charge on any atom is 0.197 e. The van der Waals surface area contributed by atoms with Gasteiger partial charge in [-0.05, 0) is 18.1 Å². The summed E-state index contributed by atoms with van der Waals surface area (Å²) in [6.07, 6.45) is 3.17. The fraction of sp³-hybridized carbons (Fsp3) is 0.667. The van der Waals surface area contributed by atoms with Crippen molar-refractivity contribution in [1.82, 2.24) is 4.98 Å². The highest BCUT2D eigenvalue weighted by molar-refractivity contribution is 7.98. The molecule has 1 rings (SSSR count). The first kappa shape index (κ1) is 11.8. The number of rotatable bonds is 6. The van der Waals surface area contributed by atoms with Crippen molar-refractivity contribution in [1.29, 1.82) is 0 Å². The van der Waals surface area contributed by atoms with Gasteiger partial charge in [-0.15, -0.1) is 11.3 Å². The lowest BCUT2D eigenvalue weighted by Crippen LogP contribution is -2.05. The van der Waals surface area contributed by atoms with Crippen LogP contribution in [0.25, 0.3) is 0 Å². The molecule has 5 heteroatoms. The topological polar surface area (TPSA) is 50.9 Å². The second-order valence-electron chi connectivity index (χ2n) is 3.51. The van der Waals surface area contributed by atoms with E-state index < -0.39 is 0 Å². The van der Waals surface area contributed by atoms with Crippen LogP contribution in [0.4, 0.5) is 5.13 Å². The Kier molecular flexibility index (Phi) is 5.29. The molecule has 0 aliphatic carbocycles. The van der Waals surface area contributed by atoms with E-state index in [1.165, 1.54) is 17.1 Å². The smallest absolute Gasteiger partial charge is 0.197 e. The van der Waals surface area contributed by atoms with Crippen LogP contribution in [0, 0.1) is 5.92 Å². The fourth-order valence-corrected chi connectivity index (χ4v) is 2.99. The van der Waals surface area contributed by atoms with Crippen LogP contribution < -0.4 is 11.3 Å². The second kappa shape index (κ2) is 6.27. The van der Waals surface area contributed by atoms with Crippen LogP contribution in [0.3, 0.4) is 0 Å². The highest BCUT2D eigenvalue weighted by Gasteiger charge is 2.00. The average Bonchev–Trinajstić information content (AvgIpc) is 2.60. The number of nitrogens with one attached hydrogen (secondary N) is 1. The van der Waals surface area contributed by atoms with Gasteiger partial charge in [0.05, 0.1) is 0 Å². The molecule has 80 valence electrons. The van der Waals surface area contributed by atoms with E-state index in [4.69, 9.17) is 5.84 Å². The summed E-state index contributed by atoms with van der Waals surface area (Å²) in [5, 5.41) is 0.796. The first-order valence-corrected chi connectivity index (χ1v) is 6.68. The van der Waals surface area contributed by atoms with Crippen molar-refractivity contribution in [2.45, 2.75) is 26.0 Å². The van der Waals surface area contributed by atoms with Gasteiger partial charge < -0.3 is 0 Å². The molecule has 0 amide bonds. The van der Waals surface area contributed by atoms with Gasteiger partial charge in [-0.3, -0.25) is 5.43 Å². The van der Waals surface area contributed by atoms with E-state index in [0.29, 0.717) is 0 Å². The summed E-state index contributed by atoms with van der Waals surface area (Å²) < 4.78 is 0. The minimum absolute atomic E-state index is 0.796. The molecule has 0 aliphatic rings. The predicted octanol–water partition coefficient (Wildman–Crippen LogP) is 2.71. The number of hydrogen-bond acceptors (Lipinski definition) is 5. The lowest BCUT2D eigenvalue weighted by molar-refractivity contribution is 0.632. The van der Waals surface area contributed by atoms with Crippen LogP contribution in [0.2, 0.25) is 0 Å². The highest BCUT2D eigenvalue weighted by Crippen LogP contribution is 2.22. The molecule has 0 aromatic carbocycles. The Balaban J connectivity index is 2.18. The zero-order valence-corrected chi connectivity index (χ0v) is 10.3. The molecule has 0 spiro atoms. The fourth-order valence-electron chi connectivity index (χ4n) is 0.933. The molecule has 3 nitrogen and oxygen atoms in total. The summed E-state index contributed by atoms with van der Waals surface area (Å²) in [5.41, 5.74) is 2.55. The molecular formula is C9H17N3S2. The lowest BCUT2D eigenvalue weighted by atomic mass is 10.2. The van der Waals surface area contributed by atoms with Crippen LogP contribution in [-0.4, -0.2) is 10.7 Å². The number of thiazole rings is 1. The van der Waals surface area contributed by atoms with E-state index in [9.17, 15) is 0 Å². The molecule has 0 aliphatic heterocycles. The van der Waals surface area contributed by atoms with E-state index in [1.54, 1.807) is 11.3 Å². The first-order chi connectivity index (χ1) is 6.72. The summed E-state index contributed by atoms with van der Waals surface area (Å²) in [6.45, 7) is 4.51. The monoisotopic (exact) mass is 231 g/mol. The number of thioether (sulfide) groups is 1. The molecule has 0 saturated carbocycles. The van der Waals surface area contributed by atoms with Gasteiger partial charge in [-0.25, -0.2) is 10.8 Å². The standard InChI is InChI=1S/C9H17N3S2/c1-7(2)3-4-13-6-8-5-11-9(12-10)14-8/h5,7H,3-4,6,10H2,1-2H3,(H,11,12). The summed E-state index contributed by atoms with van der Waals surface area (Å²) in [5.74, 6) is 8.32. The SMILES string of the molecule is CC(C)CCSCc1cnc(NN)s1. The lowest BCUT2D eigenvalue weighted by Gasteiger charge is -2.02. The molecule has 0 fully saturated rings. The molecule has 0 unspecified atom stereocenters. The van der Waals surface area contributed by atoms with Crippen LogP contribution >= 0.6 is 23.1 Å². The van der Waals surface area contributed by atoms with E-state index >= 15 is 0 Å². The maximum absolute atomic E-state index is 5.25. The zero-order chi connectivity index (χ0) is 10.4. The third-order valence-corrected chi connectivity index (χ3v) is 3.91. The van der Waals surface area contributed by atoms with E-state index in [-0.39, 0.29) is 0 Å². The van der Waals surface area contributed by atoms with E-state index in [1.807, 2.05) is 18.0 Å². The number of aromatic nitrogens is 1. The van der Waals surface area contributed by atoms with Crippen molar-refractivity contribution in [3.63, 3.8) is 0 Å². The minimum atomic E-state index is 0.796. The molecule has 1 aromatic heterocycles. The molecule has 0 saturated heterocycles. The largest absolute Gasteiger partial charge is 0.300 e. The third-order valence-electron chi connectivity index (χ3n) is 1.76. The van der Waals surface area contributed by atoms with Gasteiger partial charge in [0.15, 0.2) is 5.13 Å². The summed E-state index contributed by atoms with van der Waals surface area (Å²) >= 11 is 3.58. The molecule has 3 N–H and O–H groups in total. The summed E-state index contributed by atoms with van der Waals surface area (Å²) in [4.78, 5) is 5.40. The van der Waals surface area contributed by atoms with Crippen LogP contribution in [0.1, 0.15) is 25.1 Å². The molecule has 0 atom stereocenters. The second-order valence-corrected chi connectivity index (χ2v) is 5.73. The highest BCUT2D eigenvalue weighted by atomic mass is 32.2. The molecular weight excluding hydrogens is 214 g/mol. The number of nitrogens with two attached hydrogens (primary N) is 1. The Morgan fingerprint density at radius 1 is 1.64 bits per heavy atom. The van der Waals surface area contributed by atoms with Gasteiger partial charge in [-0.1, -0.05) is 13.8 Å². The number of nitrogens with zero attached hydrogens (tertiary/aromatic N) is 1. The van der Waals surface area contributed by atoms with Crippen molar-refractivity contribution in [3.05, 3.63) is 11.1 Å². The van der Waals surface area contributed by atoms with Crippen LogP contribution in [-0.2, 0) is 5.75 Å². The molecule has 14 heavy (non-hydrogen) atoms. The first-order valence-electron chi connectivity index (χ1n) is 4.71. The number of anilines is 1. The third kappa shape index (κ3) is 4.30. The van der Waals surface area contributed by atoms with Gasteiger partial charge in [0.25, 0.3) is 0 Å². The van der Waals surface area contributed by atoms with Crippen molar-refractivity contribution in [3.8, 4) is 0 Å². The zero-order valence-electron chi connectivity index (χ0n) is 8.62. The maximum atomic E-state index is 5.25. The van der Waals surface area contributed by atoms with E-state index in [0.717, 1.165) is 16.8 Å². The Morgan fingerprint density at radius 2 is 2.43 bits per heavy atom. The van der Waals surface area contributed by atoms with Crippen molar-refractivity contribution in [2.75, 3.05) is 11.2 Å². The minimum Gasteiger partial charge on any atom is -0.300 e. The van der Waals surface area contributed by atoms with E-state index in [2.05, 4.69) is 24.3 Å². The van der Waals surface area contributed by atoms with Gasteiger partial charge in [0.2, 0.25) is 0 Å². The van der Waals surface area contributed by atoms with Crippen LogP contribution in [0.15, 0.2) is 6.20 Å². The Labute approximate surface area is 93.5 Å². The number of hydrogen-bond donors (Lipinski definition) is 2. The van der Waals surface area contributed by atoms with Gasteiger partial charge in [0.1, 0.15) is 0 Å². The van der Waals surface area contributed by atoms with Crippen molar-refractivity contribution >= 4 is 28.2 Å². The quantitative estimate of drug-likeness (QED) is 0.449. The van der Waals surface area contributed by atoms with Crippen molar-refractivity contribution < 1.29 is 0 Å². The van der Waals surface area contributed by atoms with Crippen LogP contribution in [0.5, 0.6) is 0 Å². The van der Waals surface area contributed by atoms with Gasteiger partial charge in [-0.2, -0.15) is 11.8 Å². The van der Waals surface area contributed by atoms with Gasteiger partial charge >= 0.3 is 0 Å². The molecule has 1 aromatic rings. The Morgan fingerprint density at radius 3 is 3.00 bits per heavy atom. The molecule has 1 heterocycles. The number of hydrazine groups is 1. The van der Waals surface area contributed by atoms with Crippen molar-refractivity contribution in [2.24, 2.45) is 11.8 Å². The average molecular weight is 231 g/mol. The Hall–Kier alpha value is -0.260. The molecule has 0 bridgehead atoms. The van der Waals surface area contributed by atoms with Gasteiger partial charge in [0, 0.05) is 16.8 Å².